The zero-order valence-corrected chi connectivity index (χ0v) is 9.78. The fraction of sp³-hybridized carbons (Fsp3) is 0.857. The Hall–Kier alpha value is -0.200. The van der Waals surface area contributed by atoms with Gasteiger partial charge in [-0.3, -0.25) is 0 Å². The van der Waals surface area contributed by atoms with Gasteiger partial charge in [0.15, 0.2) is 0 Å². The van der Waals surface area contributed by atoms with Crippen molar-refractivity contribution in [2.24, 2.45) is 5.73 Å². The molecule has 4 nitrogen and oxygen atoms in total. The highest BCUT2D eigenvalue weighted by molar-refractivity contribution is 7.89. The molecule has 0 radical (unpaired) electrons. The first kappa shape index (κ1) is 12.8. The van der Waals surface area contributed by atoms with E-state index in [4.69, 9.17) is 18.0 Å². The highest BCUT2D eigenvalue weighted by atomic mass is 32.2. The second kappa shape index (κ2) is 4.88. The fourth-order valence-electron chi connectivity index (χ4n) is 0.822. The summed E-state index contributed by atoms with van der Waals surface area (Å²) in [7, 11) is -1.69. The zero-order chi connectivity index (χ0) is 10.6. The minimum Gasteiger partial charge on any atom is -0.392 e. The van der Waals surface area contributed by atoms with Crippen LogP contribution in [0.5, 0.6) is 0 Å². The van der Waals surface area contributed by atoms with Crippen LogP contribution in [-0.2, 0) is 10.0 Å². The second-order valence-electron chi connectivity index (χ2n) is 2.91. The lowest BCUT2D eigenvalue weighted by Gasteiger charge is -2.22. The molecule has 0 saturated carbocycles. The van der Waals surface area contributed by atoms with Gasteiger partial charge >= 0.3 is 0 Å². The van der Waals surface area contributed by atoms with Crippen LogP contribution < -0.4 is 5.73 Å². The van der Waals surface area contributed by atoms with Crippen LogP contribution in [0.1, 0.15) is 20.3 Å². The summed E-state index contributed by atoms with van der Waals surface area (Å²) in [6.07, 6.45) is 0.594. The van der Waals surface area contributed by atoms with Gasteiger partial charge in [0.2, 0.25) is 10.0 Å². The Morgan fingerprint density at radius 1 is 1.62 bits per heavy atom. The topological polar surface area (TPSA) is 63.4 Å². The van der Waals surface area contributed by atoms with Gasteiger partial charge in [-0.2, -0.15) is 4.31 Å². The molecule has 0 saturated heterocycles. The number of nitrogens with two attached hydrogens (primary N) is 1. The molecule has 0 aromatic rings. The summed E-state index contributed by atoms with van der Waals surface area (Å²) in [6, 6.07) is -0.411. The van der Waals surface area contributed by atoms with E-state index in [1.165, 1.54) is 11.4 Å². The molecule has 0 heterocycles. The van der Waals surface area contributed by atoms with E-state index in [-0.39, 0.29) is 10.7 Å². The molecule has 6 heteroatoms. The molecule has 0 amide bonds. The van der Waals surface area contributed by atoms with E-state index in [9.17, 15) is 8.42 Å². The largest absolute Gasteiger partial charge is 0.392 e. The van der Waals surface area contributed by atoms with Crippen molar-refractivity contribution in [1.82, 2.24) is 4.31 Å². The summed E-state index contributed by atoms with van der Waals surface area (Å²) >= 11 is 4.72. The average molecular weight is 224 g/mol. The Labute approximate surface area is 85.1 Å². The number of hydrogen-bond acceptors (Lipinski definition) is 3. The highest BCUT2D eigenvalue weighted by Gasteiger charge is 2.23. The maximum atomic E-state index is 11.5. The molecular formula is C7H16N2O2S2. The Bertz CT molecular complexity index is 274. The number of hydrogen-bond donors (Lipinski definition) is 1. The lowest BCUT2D eigenvalue weighted by molar-refractivity contribution is 0.451. The number of likely N-dealkylation sites (N-methyl/N-ethyl adjacent to an activating group) is 1. The molecule has 0 aliphatic carbocycles. The van der Waals surface area contributed by atoms with Crippen molar-refractivity contribution in [3.63, 3.8) is 0 Å². The monoisotopic (exact) mass is 224 g/mol. The summed E-state index contributed by atoms with van der Waals surface area (Å²) in [5.41, 5.74) is 5.36. The summed E-state index contributed by atoms with van der Waals surface area (Å²) in [4.78, 5) is 0.196. The van der Waals surface area contributed by atoms with Gasteiger partial charge in [0.25, 0.3) is 0 Å². The molecule has 78 valence electrons. The van der Waals surface area contributed by atoms with Gasteiger partial charge in [-0.15, -0.1) is 0 Å². The molecule has 2 N–H and O–H groups in total. The third-order valence-corrected chi connectivity index (χ3v) is 4.32. The minimum absolute atomic E-state index is 0.135. The van der Waals surface area contributed by atoms with Gasteiger partial charge in [0.1, 0.15) is 0 Å². The van der Waals surface area contributed by atoms with Crippen molar-refractivity contribution in [2.75, 3.05) is 12.8 Å². The summed E-state index contributed by atoms with van der Waals surface area (Å²) in [6.45, 7) is 3.49. The Morgan fingerprint density at radius 2 is 2.08 bits per heavy atom. The summed E-state index contributed by atoms with van der Waals surface area (Å²) in [5, 5.41) is 0. The third kappa shape index (κ3) is 3.58. The lowest BCUT2D eigenvalue weighted by Crippen LogP contribution is -2.43. The molecule has 0 rings (SSSR count). The molecule has 0 bridgehead atoms. The second-order valence-corrected chi connectivity index (χ2v) is 5.53. The van der Waals surface area contributed by atoms with Crippen molar-refractivity contribution in [3.8, 4) is 0 Å². The number of rotatable bonds is 5. The SMILES string of the molecule is CCCS(=O)(=O)N(C)C(C)C(N)=S. The molecule has 0 spiro atoms. The predicted octanol–water partition coefficient (Wildman–Crippen LogP) is 0.333. The van der Waals surface area contributed by atoms with Crippen LogP contribution in [0.3, 0.4) is 0 Å². The number of sulfonamides is 1. The molecule has 0 fully saturated rings. The first-order valence-corrected chi connectivity index (χ1v) is 6.09. The normalized spacial score (nSPS) is 14.5. The first-order chi connectivity index (χ1) is 5.83. The highest BCUT2D eigenvalue weighted by Crippen LogP contribution is 2.05. The van der Waals surface area contributed by atoms with Crippen LogP contribution in [0.25, 0.3) is 0 Å². The van der Waals surface area contributed by atoms with Gasteiger partial charge in [-0.05, 0) is 13.3 Å². The summed E-state index contributed by atoms with van der Waals surface area (Å²) in [5.74, 6) is 0.135. The van der Waals surface area contributed by atoms with Crippen molar-refractivity contribution < 1.29 is 8.42 Å². The molecule has 0 aliphatic rings. The molecule has 0 aromatic heterocycles. The maximum absolute atomic E-state index is 11.5. The van der Waals surface area contributed by atoms with E-state index in [0.29, 0.717) is 6.42 Å². The summed E-state index contributed by atoms with van der Waals surface area (Å²) < 4.78 is 24.2. The van der Waals surface area contributed by atoms with Crippen molar-refractivity contribution in [3.05, 3.63) is 0 Å². The number of nitrogens with zero attached hydrogens (tertiary/aromatic N) is 1. The van der Waals surface area contributed by atoms with Crippen molar-refractivity contribution >= 4 is 27.2 Å². The fourth-order valence-corrected chi connectivity index (χ4v) is 2.45. The first-order valence-electron chi connectivity index (χ1n) is 4.08. The van der Waals surface area contributed by atoms with Crippen molar-refractivity contribution in [2.45, 2.75) is 26.3 Å². The van der Waals surface area contributed by atoms with E-state index >= 15 is 0 Å². The lowest BCUT2D eigenvalue weighted by atomic mass is 10.3. The third-order valence-electron chi connectivity index (χ3n) is 1.86. The Balaban J connectivity index is 4.59. The molecule has 1 unspecified atom stereocenters. The number of thiocarbonyl (C=S) groups is 1. The molecule has 1 atom stereocenters. The van der Waals surface area contributed by atoms with Crippen LogP contribution in [0.4, 0.5) is 0 Å². The smallest absolute Gasteiger partial charge is 0.214 e. The predicted molar refractivity (Wildman–Crippen MR) is 58.1 cm³/mol. The quantitative estimate of drug-likeness (QED) is 0.684. The van der Waals surface area contributed by atoms with Crippen LogP contribution in [0, 0.1) is 0 Å². The standard InChI is InChI=1S/C7H16N2O2S2/c1-4-5-13(10,11)9(3)6(2)7(8)12/h6H,4-5H2,1-3H3,(H2,8,12). The molecular weight excluding hydrogens is 208 g/mol. The zero-order valence-electron chi connectivity index (χ0n) is 8.15. The van der Waals surface area contributed by atoms with Gasteiger partial charge in [0.05, 0.1) is 16.8 Å². The van der Waals surface area contributed by atoms with Gasteiger partial charge in [-0.1, -0.05) is 19.1 Å². The van der Waals surface area contributed by atoms with Crippen molar-refractivity contribution in [1.29, 1.82) is 0 Å². The molecule has 0 aromatic carbocycles. The van der Waals surface area contributed by atoms with Crippen LogP contribution >= 0.6 is 12.2 Å². The van der Waals surface area contributed by atoms with E-state index in [2.05, 4.69) is 0 Å². The van der Waals surface area contributed by atoms with E-state index in [1.54, 1.807) is 6.92 Å². The van der Waals surface area contributed by atoms with Gasteiger partial charge in [0, 0.05) is 7.05 Å². The van der Waals surface area contributed by atoms with Crippen LogP contribution in [0.2, 0.25) is 0 Å². The van der Waals surface area contributed by atoms with E-state index < -0.39 is 16.1 Å². The Morgan fingerprint density at radius 3 is 2.38 bits per heavy atom. The average Bonchev–Trinajstić information content (AvgIpc) is 2.01. The minimum atomic E-state index is -3.19. The van der Waals surface area contributed by atoms with Crippen LogP contribution in [0.15, 0.2) is 0 Å². The maximum Gasteiger partial charge on any atom is 0.214 e. The molecule has 0 aliphatic heterocycles. The molecule has 13 heavy (non-hydrogen) atoms. The Kier molecular flexibility index (Phi) is 4.80. The van der Waals surface area contributed by atoms with E-state index in [0.717, 1.165) is 0 Å². The van der Waals surface area contributed by atoms with E-state index in [1.807, 2.05) is 6.92 Å². The van der Waals surface area contributed by atoms with Crippen LogP contribution in [-0.4, -0.2) is 36.6 Å². The van der Waals surface area contributed by atoms with Gasteiger partial charge < -0.3 is 5.73 Å². The van der Waals surface area contributed by atoms with Gasteiger partial charge in [-0.25, -0.2) is 8.42 Å².